The Balaban J connectivity index is 1.61. The summed E-state index contributed by atoms with van der Waals surface area (Å²) >= 11 is 7.27. The number of amides is 1. The molecule has 11 heteroatoms. The largest absolute Gasteiger partial charge is 0.457 e. The number of carbonyl (C=O) groups excluding carboxylic acids is 1. The molecule has 2 aromatic carbocycles. The first kappa shape index (κ1) is 28.6. The predicted octanol–water partition coefficient (Wildman–Crippen LogP) is 6.04. The van der Waals surface area contributed by atoms with Gasteiger partial charge in [0.15, 0.2) is 4.80 Å². The third-order valence-electron chi connectivity index (χ3n) is 6.86. The van der Waals surface area contributed by atoms with Crippen LogP contribution >= 0.6 is 22.9 Å². The lowest BCUT2D eigenvalue weighted by Crippen LogP contribution is -2.43. The summed E-state index contributed by atoms with van der Waals surface area (Å²) in [5.74, 6) is 0.320. The van der Waals surface area contributed by atoms with Crippen LogP contribution in [-0.2, 0) is 11.0 Å². The molecule has 6 nitrogen and oxygen atoms in total. The van der Waals surface area contributed by atoms with E-state index in [1.54, 1.807) is 48.2 Å². The smallest absolute Gasteiger partial charge is 0.416 e. The average molecular weight is 600 g/mol. The fraction of sp³-hybridized carbons (Fsp3) is 0.233. The van der Waals surface area contributed by atoms with E-state index in [2.05, 4.69) is 4.99 Å². The van der Waals surface area contributed by atoms with E-state index in [1.807, 2.05) is 13.8 Å². The summed E-state index contributed by atoms with van der Waals surface area (Å²) in [6.45, 7) is 6.53. The first-order chi connectivity index (χ1) is 19.5. The van der Waals surface area contributed by atoms with E-state index in [9.17, 15) is 22.8 Å². The molecule has 0 aliphatic carbocycles. The number of aromatic nitrogens is 1. The lowest BCUT2D eigenvalue weighted by Gasteiger charge is -2.29. The van der Waals surface area contributed by atoms with Crippen LogP contribution in [-0.4, -0.2) is 28.5 Å². The second-order valence-corrected chi connectivity index (χ2v) is 10.8. The minimum Gasteiger partial charge on any atom is -0.457 e. The molecule has 1 aliphatic heterocycles. The highest BCUT2D eigenvalue weighted by atomic mass is 35.5. The Bertz CT molecular complexity index is 1830. The Labute approximate surface area is 242 Å². The standard InChI is InChI=1S/C30H25ClF3N3O3S/c1-4-36(5-2)28(39)25-17(3)35-29-37(26(25)18-9-11-21(31)12-10-18)27(38)24(41-29)16-22-13-14-23(40-22)19-7-6-8-20(15-19)30(32,33)34/h6-16,26H,4-5H2,1-3H3/b24-16+/t26-/m1/s1. The van der Waals surface area contributed by atoms with E-state index in [0.717, 1.165) is 23.5 Å². The van der Waals surface area contributed by atoms with Crippen molar-refractivity contribution in [3.8, 4) is 11.3 Å². The molecule has 1 amide bonds. The topological polar surface area (TPSA) is 67.8 Å². The van der Waals surface area contributed by atoms with Crippen molar-refractivity contribution in [1.82, 2.24) is 9.47 Å². The second kappa shape index (κ2) is 11.2. The number of rotatable bonds is 6. The van der Waals surface area contributed by atoms with Gasteiger partial charge in [0, 0.05) is 29.8 Å². The van der Waals surface area contributed by atoms with Gasteiger partial charge >= 0.3 is 6.18 Å². The van der Waals surface area contributed by atoms with E-state index in [0.29, 0.717) is 50.0 Å². The van der Waals surface area contributed by atoms with Gasteiger partial charge in [0.2, 0.25) is 0 Å². The molecule has 0 radical (unpaired) electrons. The Morgan fingerprint density at radius 1 is 1.12 bits per heavy atom. The lowest BCUT2D eigenvalue weighted by atomic mass is 9.94. The molecule has 0 fully saturated rings. The maximum Gasteiger partial charge on any atom is 0.416 e. The summed E-state index contributed by atoms with van der Waals surface area (Å²) in [6, 6.07) is 14.2. The molecule has 1 aliphatic rings. The maximum absolute atomic E-state index is 13.8. The fourth-order valence-electron chi connectivity index (χ4n) is 4.80. The number of alkyl halides is 3. The highest BCUT2D eigenvalue weighted by Gasteiger charge is 2.34. The quantitative estimate of drug-likeness (QED) is 0.272. The van der Waals surface area contributed by atoms with Crippen molar-refractivity contribution in [1.29, 1.82) is 0 Å². The molecule has 0 saturated heterocycles. The number of fused-ring (bicyclic) bond motifs is 1. The minimum absolute atomic E-state index is 0.206. The summed E-state index contributed by atoms with van der Waals surface area (Å²) < 4.78 is 47.2. The normalized spacial score (nSPS) is 15.6. The van der Waals surface area contributed by atoms with Crippen molar-refractivity contribution >= 4 is 34.9 Å². The van der Waals surface area contributed by atoms with Gasteiger partial charge in [-0.1, -0.05) is 47.2 Å². The molecule has 212 valence electrons. The fourth-order valence-corrected chi connectivity index (χ4v) is 5.95. The predicted molar refractivity (Wildman–Crippen MR) is 152 cm³/mol. The van der Waals surface area contributed by atoms with Crippen LogP contribution in [0.3, 0.4) is 0 Å². The third kappa shape index (κ3) is 5.54. The molecule has 1 atom stereocenters. The molecule has 3 heterocycles. The van der Waals surface area contributed by atoms with Gasteiger partial charge in [-0.15, -0.1) is 0 Å². The van der Waals surface area contributed by atoms with E-state index in [4.69, 9.17) is 16.0 Å². The maximum atomic E-state index is 13.8. The lowest BCUT2D eigenvalue weighted by molar-refractivity contribution is -0.137. The van der Waals surface area contributed by atoms with Crippen LogP contribution in [0.5, 0.6) is 0 Å². The number of halogens is 4. The number of hydrogen-bond acceptors (Lipinski definition) is 5. The third-order valence-corrected chi connectivity index (χ3v) is 8.10. The molecule has 0 N–H and O–H groups in total. The summed E-state index contributed by atoms with van der Waals surface area (Å²) in [4.78, 5) is 34.2. The van der Waals surface area contributed by atoms with Crippen LogP contribution in [0.25, 0.3) is 17.4 Å². The van der Waals surface area contributed by atoms with Crippen LogP contribution in [0.4, 0.5) is 13.2 Å². The van der Waals surface area contributed by atoms with Crippen molar-refractivity contribution in [3.63, 3.8) is 0 Å². The molecule has 0 bridgehead atoms. The summed E-state index contributed by atoms with van der Waals surface area (Å²) in [6.07, 6.45) is -2.95. The van der Waals surface area contributed by atoms with Gasteiger partial charge in [-0.25, -0.2) is 4.99 Å². The second-order valence-electron chi connectivity index (χ2n) is 9.39. The zero-order chi connectivity index (χ0) is 29.5. The number of benzene rings is 2. The van der Waals surface area contributed by atoms with Crippen LogP contribution in [0, 0.1) is 0 Å². The van der Waals surface area contributed by atoms with Crippen molar-refractivity contribution in [2.24, 2.45) is 4.99 Å². The molecule has 2 aromatic heterocycles. The van der Waals surface area contributed by atoms with Gasteiger partial charge < -0.3 is 9.32 Å². The average Bonchev–Trinajstić information content (AvgIpc) is 3.53. The summed E-state index contributed by atoms with van der Waals surface area (Å²) in [5, 5.41) is 0.521. The zero-order valence-electron chi connectivity index (χ0n) is 22.3. The summed E-state index contributed by atoms with van der Waals surface area (Å²) in [7, 11) is 0. The molecule has 4 aromatic rings. The SMILES string of the molecule is CCN(CC)C(=O)C1=C(C)N=c2s/c(=C/c3ccc(-c4cccc(C(F)(F)F)c4)o3)c(=O)n2[C@@H]1c1ccc(Cl)cc1. The Hall–Kier alpha value is -3.89. The van der Waals surface area contributed by atoms with Gasteiger partial charge in [0.1, 0.15) is 11.5 Å². The molecular formula is C30H25ClF3N3O3S. The van der Waals surface area contributed by atoms with Crippen LogP contribution < -0.4 is 14.9 Å². The van der Waals surface area contributed by atoms with E-state index in [-0.39, 0.29) is 22.8 Å². The number of furan rings is 1. The molecule has 0 unspecified atom stereocenters. The monoisotopic (exact) mass is 599 g/mol. The van der Waals surface area contributed by atoms with Crippen molar-refractivity contribution in [3.05, 3.63) is 114 Å². The molecule has 0 saturated carbocycles. The Kier molecular flexibility index (Phi) is 7.80. The van der Waals surface area contributed by atoms with Gasteiger partial charge in [-0.3, -0.25) is 14.2 Å². The van der Waals surface area contributed by atoms with Crippen molar-refractivity contribution < 1.29 is 22.4 Å². The van der Waals surface area contributed by atoms with Crippen LogP contribution in [0.15, 0.2) is 86.1 Å². The van der Waals surface area contributed by atoms with Gasteiger partial charge in [-0.05, 0) is 62.7 Å². The van der Waals surface area contributed by atoms with Crippen LogP contribution in [0.2, 0.25) is 5.02 Å². The number of carbonyl (C=O) groups is 1. The van der Waals surface area contributed by atoms with Gasteiger partial charge in [0.05, 0.1) is 27.4 Å². The van der Waals surface area contributed by atoms with E-state index in [1.165, 1.54) is 22.8 Å². The number of thiazole rings is 1. The van der Waals surface area contributed by atoms with Crippen molar-refractivity contribution in [2.45, 2.75) is 33.0 Å². The first-order valence-corrected chi connectivity index (χ1v) is 14.1. The minimum atomic E-state index is -4.48. The summed E-state index contributed by atoms with van der Waals surface area (Å²) in [5.41, 5.74) is 0.729. The van der Waals surface area contributed by atoms with Crippen molar-refractivity contribution in [2.75, 3.05) is 13.1 Å². The molecular weight excluding hydrogens is 575 g/mol. The molecule has 41 heavy (non-hydrogen) atoms. The van der Waals surface area contributed by atoms with Crippen LogP contribution in [0.1, 0.15) is 43.7 Å². The van der Waals surface area contributed by atoms with Gasteiger partial charge in [0.25, 0.3) is 11.5 Å². The van der Waals surface area contributed by atoms with E-state index >= 15 is 0 Å². The number of hydrogen-bond donors (Lipinski definition) is 0. The molecule has 0 spiro atoms. The number of allylic oxidation sites excluding steroid dienone is 1. The highest BCUT2D eigenvalue weighted by Crippen LogP contribution is 2.33. The van der Waals surface area contributed by atoms with Gasteiger partial charge in [-0.2, -0.15) is 13.2 Å². The van der Waals surface area contributed by atoms with E-state index < -0.39 is 17.8 Å². The number of likely N-dealkylation sites (N-methyl/N-ethyl adjacent to an activating group) is 1. The first-order valence-electron chi connectivity index (χ1n) is 12.9. The number of nitrogens with zero attached hydrogens (tertiary/aromatic N) is 3. The zero-order valence-corrected chi connectivity index (χ0v) is 23.9. The Morgan fingerprint density at radius 3 is 2.49 bits per heavy atom. The Morgan fingerprint density at radius 2 is 1.83 bits per heavy atom. The highest BCUT2D eigenvalue weighted by molar-refractivity contribution is 7.07. The molecule has 5 rings (SSSR count).